The molecular formula is C32H25F3N4O4. The summed E-state index contributed by atoms with van der Waals surface area (Å²) in [6.45, 7) is 1.75. The zero-order valence-electron chi connectivity index (χ0n) is 23.4. The summed E-state index contributed by atoms with van der Waals surface area (Å²) in [4.78, 5) is 36.4. The summed E-state index contributed by atoms with van der Waals surface area (Å²) in [5.74, 6) is -2.52. The van der Waals surface area contributed by atoms with E-state index in [0.29, 0.717) is 16.7 Å². The van der Waals surface area contributed by atoms with E-state index in [1.807, 2.05) is 0 Å². The van der Waals surface area contributed by atoms with Crippen molar-refractivity contribution in [1.82, 2.24) is 15.3 Å². The summed E-state index contributed by atoms with van der Waals surface area (Å²) in [7, 11) is 2.84. The van der Waals surface area contributed by atoms with Gasteiger partial charge in [-0.1, -0.05) is 0 Å². The fourth-order valence-electron chi connectivity index (χ4n) is 5.13. The van der Waals surface area contributed by atoms with Crippen LogP contribution in [-0.2, 0) is 0 Å². The van der Waals surface area contributed by atoms with E-state index in [0.717, 1.165) is 25.2 Å². The molecule has 43 heavy (non-hydrogen) atoms. The first-order chi connectivity index (χ1) is 20.7. The molecule has 3 aromatic carbocycles. The summed E-state index contributed by atoms with van der Waals surface area (Å²) in [5.41, 5.74) is 1.71. The molecule has 8 nitrogen and oxygen atoms in total. The van der Waals surface area contributed by atoms with Crippen molar-refractivity contribution in [3.63, 3.8) is 0 Å². The highest BCUT2D eigenvalue weighted by molar-refractivity contribution is 6.12. The molecule has 1 aliphatic carbocycles. The van der Waals surface area contributed by atoms with Crippen LogP contribution in [0.3, 0.4) is 0 Å². The van der Waals surface area contributed by atoms with Crippen LogP contribution in [0.5, 0.6) is 5.75 Å². The molecule has 2 heterocycles. The van der Waals surface area contributed by atoms with E-state index in [4.69, 9.17) is 9.15 Å². The van der Waals surface area contributed by atoms with E-state index in [9.17, 15) is 18.4 Å². The molecule has 1 saturated carbocycles. The molecule has 0 spiro atoms. The Morgan fingerprint density at radius 3 is 2.30 bits per heavy atom. The van der Waals surface area contributed by atoms with Gasteiger partial charge in [0.1, 0.15) is 28.7 Å². The molecule has 0 aliphatic heterocycles. The van der Waals surface area contributed by atoms with Crippen molar-refractivity contribution in [2.75, 3.05) is 19.1 Å². The average Bonchev–Trinajstić information content (AvgIpc) is 3.76. The Morgan fingerprint density at radius 1 is 0.977 bits per heavy atom. The first kappa shape index (κ1) is 28.0. The lowest BCUT2D eigenvalue weighted by Crippen LogP contribution is -2.35. The highest BCUT2D eigenvalue weighted by atomic mass is 19.1. The highest BCUT2D eigenvalue weighted by Gasteiger charge is 2.37. The summed E-state index contributed by atoms with van der Waals surface area (Å²) < 4.78 is 55.1. The molecule has 0 radical (unpaired) electrons. The molecule has 2 aromatic heterocycles. The zero-order chi connectivity index (χ0) is 30.4. The standard InChI is InChI=1S/C32H25F3N4O4/c1-16-12-25(42-3)23(31(41)39(20-8-9-20)32-37-14-19(34)15-38-32)13-22(16)21-10-11-24-26(28(21)35)27(30(40)36-2)29(43-24)17-4-6-18(33)7-5-17/h4-7,10-15,20H,8-9H2,1-3H3,(H,36,40). The Labute approximate surface area is 244 Å². The minimum atomic E-state index is -0.735. The van der Waals surface area contributed by atoms with Gasteiger partial charge in [0.05, 0.1) is 36.0 Å². The Hall–Kier alpha value is -5.19. The number of methoxy groups -OCH3 is 1. The second-order valence-electron chi connectivity index (χ2n) is 10.2. The normalized spacial score (nSPS) is 12.8. The molecule has 11 heteroatoms. The van der Waals surface area contributed by atoms with Crippen molar-refractivity contribution in [2.24, 2.45) is 0 Å². The third kappa shape index (κ3) is 4.96. The van der Waals surface area contributed by atoms with Gasteiger partial charge in [0.2, 0.25) is 5.95 Å². The lowest BCUT2D eigenvalue weighted by molar-refractivity contribution is 0.0961. The molecule has 0 atom stereocenters. The number of nitrogens with zero attached hydrogens (tertiary/aromatic N) is 3. The number of ether oxygens (including phenoxy) is 1. The molecular weight excluding hydrogens is 561 g/mol. The summed E-state index contributed by atoms with van der Waals surface area (Å²) in [6.07, 6.45) is 3.42. The van der Waals surface area contributed by atoms with Gasteiger partial charge in [0, 0.05) is 24.2 Å². The average molecular weight is 587 g/mol. The van der Waals surface area contributed by atoms with Crippen molar-refractivity contribution in [1.29, 1.82) is 0 Å². The Bertz CT molecular complexity index is 1880. The lowest BCUT2D eigenvalue weighted by atomic mass is 9.94. The molecule has 6 rings (SSSR count). The highest BCUT2D eigenvalue weighted by Crippen LogP contribution is 2.41. The molecule has 0 unspecified atom stereocenters. The number of fused-ring (bicyclic) bond motifs is 1. The fourth-order valence-corrected chi connectivity index (χ4v) is 5.13. The first-order valence-corrected chi connectivity index (χ1v) is 13.4. The molecule has 1 N–H and O–H groups in total. The van der Waals surface area contributed by atoms with Crippen molar-refractivity contribution in [3.8, 4) is 28.2 Å². The number of rotatable bonds is 7. The minimum Gasteiger partial charge on any atom is -0.496 e. The molecule has 5 aromatic rings. The maximum Gasteiger partial charge on any atom is 0.264 e. The largest absolute Gasteiger partial charge is 0.496 e. The van der Waals surface area contributed by atoms with Gasteiger partial charge >= 0.3 is 0 Å². The predicted octanol–water partition coefficient (Wildman–Crippen LogP) is 6.46. The quantitative estimate of drug-likeness (QED) is 0.235. The number of hydrogen-bond acceptors (Lipinski definition) is 6. The van der Waals surface area contributed by atoms with Gasteiger partial charge in [-0.3, -0.25) is 14.5 Å². The molecule has 1 aliphatic rings. The zero-order valence-corrected chi connectivity index (χ0v) is 23.4. The number of furan rings is 1. The van der Waals surface area contributed by atoms with E-state index in [-0.39, 0.29) is 51.2 Å². The first-order valence-electron chi connectivity index (χ1n) is 13.4. The molecule has 0 bridgehead atoms. The smallest absolute Gasteiger partial charge is 0.264 e. The number of benzene rings is 3. The number of amides is 2. The van der Waals surface area contributed by atoms with Crippen LogP contribution in [0.1, 0.15) is 39.1 Å². The van der Waals surface area contributed by atoms with E-state index in [2.05, 4.69) is 15.3 Å². The summed E-state index contributed by atoms with van der Waals surface area (Å²) >= 11 is 0. The van der Waals surface area contributed by atoms with E-state index in [1.165, 1.54) is 55.5 Å². The molecule has 0 saturated heterocycles. The van der Waals surface area contributed by atoms with Crippen LogP contribution in [0, 0.1) is 24.4 Å². The van der Waals surface area contributed by atoms with Gasteiger partial charge in [0.25, 0.3) is 11.8 Å². The van der Waals surface area contributed by atoms with Crippen LogP contribution >= 0.6 is 0 Å². The number of nitrogens with one attached hydrogen (secondary N) is 1. The number of aryl methyl sites for hydroxylation is 1. The number of anilines is 1. The number of carbonyl (C=O) groups excluding carboxylic acids is 2. The Balaban J connectivity index is 1.51. The summed E-state index contributed by atoms with van der Waals surface area (Å²) in [5, 5.41) is 2.47. The third-order valence-corrected chi connectivity index (χ3v) is 7.37. The monoisotopic (exact) mass is 586 g/mol. The van der Waals surface area contributed by atoms with Crippen LogP contribution in [0.4, 0.5) is 19.1 Å². The predicted molar refractivity (Wildman–Crippen MR) is 154 cm³/mol. The van der Waals surface area contributed by atoms with Crippen molar-refractivity contribution >= 4 is 28.7 Å². The maximum atomic E-state index is 16.5. The Morgan fingerprint density at radius 2 is 1.67 bits per heavy atom. The van der Waals surface area contributed by atoms with E-state index >= 15 is 4.39 Å². The second-order valence-corrected chi connectivity index (χ2v) is 10.2. The number of carbonyl (C=O) groups is 2. The molecule has 1 fully saturated rings. The lowest BCUT2D eigenvalue weighted by Gasteiger charge is -2.22. The number of hydrogen-bond donors (Lipinski definition) is 1. The van der Waals surface area contributed by atoms with Crippen molar-refractivity contribution in [2.45, 2.75) is 25.8 Å². The molecule has 2 amide bonds. The summed E-state index contributed by atoms with van der Waals surface area (Å²) in [6, 6.07) is 11.4. The Kier molecular flexibility index (Phi) is 7.09. The number of halogens is 3. The van der Waals surface area contributed by atoms with Gasteiger partial charge < -0.3 is 14.5 Å². The van der Waals surface area contributed by atoms with Gasteiger partial charge in [-0.05, 0) is 79.4 Å². The van der Waals surface area contributed by atoms with Gasteiger partial charge in [-0.25, -0.2) is 23.1 Å². The van der Waals surface area contributed by atoms with Gasteiger partial charge in [0.15, 0.2) is 5.82 Å². The number of aromatic nitrogens is 2. The van der Waals surface area contributed by atoms with Crippen LogP contribution in [0.25, 0.3) is 33.4 Å². The van der Waals surface area contributed by atoms with Crippen LogP contribution in [0.15, 0.2) is 65.3 Å². The third-order valence-electron chi connectivity index (χ3n) is 7.37. The van der Waals surface area contributed by atoms with Crippen LogP contribution in [-0.4, -0.2) is 42.0 Å². The van der Waals surface area contributed by atoms with E-state index < -0.39 is 29.3 Å². The maximum absolute atomic E-state index is 16.5. The second kappa shape index (κ2) is 10.9. The van der Waals surface area contributed by atoms with Gasteiger partial charge in [-0.15, -0.1) is 0 Å². The minimum absolute atomic E-state index is 0.0423. The van der Waals surface area contributed by atoms with Crippen LogP contribution < -0.4 is 15.0 Å². The SMILES string of the molecule is CNC(=O)c1c(-c2ccc(F)cc2)oc2ccc(-c3cc(C(=O)N(c4ncc(F)cn4)C4CC4)c(OC)cc3C)c(F)c12. The van der Waals surface area contributed by atoms with Crippen molar-refractivity contribution < 1.29 is 31.9 Å². The van der Waals surface area contributed by atoms with Gasteiger partial charge in [-0.2, -0.15) is 0 Å². The van der Waals surface area contributed by atoms with Crippen LogP contribution in [0.2, 0.25) is 0 Å². The topological polar surface area (TPSA) is 97.6 Å². The fraction of sp³-hybridized carbons (Fsp3) is 0.188. The molecule has 218 valence electrons. The van der Waals surface area contributed by atoms with E-state index in [1.54, 1.807) is 19.1 Å². The van der Waals surface area contributed by atoms with Crippen molar-refractivity contribution in [3.05, 3.63) is 95.1 Å².